The van der Waals surface area contributed by atoms with Gasteiger partial charge in [0.2, 0.25) is 0 Å². The molecule has 3 atom stereocenters. The van der Waals surface area contributed by atoms with Crippen molar-refractivity contribution in [3.63, 3.8) is 0 Å². The van der Waals surface area contributed by atoms with Gasteiger partial charge in [-0.3, -0.25) is 0 Å². The number of hydrogen-bond donors (Lipinski definition) is 1. The fourth-order valence-electron chi connectivity index (χ4n) is 4.11. The van der Waals surface area contributed by atoms with Crippen LogP contribution in [0.15, 0.2) is 0 Å². The Labute approximate surface area is 135 Å². The highest BCUT2D eigenvalue weighted by atomic mass is 32.2. The van der Waals surface area contributed by atoms with E-state index in [1.54, 1.807) is 0 Å². The summed E-state index contributed by atoms with van der Waals surface area (Å²) in [5.41, 5.74) is -0.137. The van der Waals surface area contributed by atoms with Gasteiger partial charge in [0.25, 0.3) is 0 Å². The highest BCUT2D eigenvalue weighted by molar-refractivity contribution is 8.00. The maximum atomic E-state index is 6.41. The van der Waals surface area contributed by atoms with Gasteiger partial charge in [-0.1, -0.05) is 13.8 Å². The normalized spacial score (nSPS) is 36.0. The molecule has 3 unspecified atom stereocenters. The van der Waals surface area contributed by atoms with Gasteiger partial charge in [-0.2, -0.15) is 11.8 Å². The standard InChI is InChI=1S/C17H34N2OS/c1-7-13-11-19(9-10-21-13)12-14-15(18-8-2)17(5,6)20-16(14,3)4/h13-15,18H,7-12H2,1-6H3. The molecule has 3 nitrogen and oxygen atoms in total. The van der Waals surface area contributed by atoms with Crippen molar-refractivity contribution < 1.29 is 4.74 Å². The average Bonchev–Trinajstić information content (AvgIpc) is 2.57. The summed E-state index contributed by atoms with van der Waals surface area (Å²) in [5, 5.41) is 4.51. The maximum Gasteiger partial charge on any atom is 0.0790 e. The molecule has 124 valence electrons. The van der Waals surface area contributed by atoms with Crippen LogP contribution in [0.25, 0.3) is 0 Å². The summed E-state index contributed by atoms with van der Waals surface area (Å²) in [7, 11) is 0. The molecule has 2 aliphatic rings. The van der Waals surface area contributed by atoms with Crippen LogP contribution in [-0.2, 0) is 4.74 Å². The molecule has 0 spiro atoms. The molecule has 0 aromatic carbocycles. The van der Waals surface area contributed by atoms with Crippen LogP contribution >= 0.6 is 11.8 Å². The Hall–Kier alpha value is 0.230. The summed E-state index contributed by atoms with van der Waals surface area (Å²) in [6.45, 7) is 18.2. The monoisotopic (exact) mass is 314 g/mol. The zero-order chi connectivity index (χ0) is 15.7. The van der Waals surface area contributed by atoms with Crippen LogP contribution in [0.5, 0.6) is 0 Å². The number of nitrogens with one attached hydrogen (secondary N) is 1. The average molecular weight is 315 g/mol. The molecule has 4 heteroatoms. The first-order valence-corrected chi connectivity index (χ1v) is 9.62. The second-order valence-electron chi connectivity index (χ2n) is 7.61. The fourth-order valence-corrected chi connectivity index (χ4v) is 5.36. The molecule has 2 heterocycles. The van der Waals surface area contributed by atoms with Gasteiger partial charge in [-0.05, 0) is 40.7 Å². The van der Waals surface area contributed by atoms with Gasteiger partial charge in [-0.15, -0.1) is 0 Å². The van der Waals surface area contributed by atoms with Crippen LogP contribution in [0.3, 0.4) is 0 Å². The van der Waals surface area contributed by atoms with Gasteiger partial charge in [0, 0.05) is 42.6 Å². The van der Waals surface area contributed by atoms with Crippen LogP contribution in [0.1, 0.15) is 48.0 Å². The lowest BCUT2D eigenvalue weighted by Gasteiger charge is -2.38. The molecule has 0 aliphatic carbocycles. The molecule has 2 aliphatic heterocycles. The van der Waals surface area contributed by atoms with Crippen molar-refractivity contribution in [2.45, 2.75) is 70.5 Å². The van der Waals surface area contributed by atoms with E-state index in [9.17, 15) is 0 Å². The van der Waals surface area contributed by atoms with E-state index in [1.807, 2.05) is 0 Å². The summed E-state index contributed by atoms with van der Waals surface area (Å²) in [5.74, 6) is 1.83. The molecular weight excluding hydrogens is 280 g/mol. The van der Waals surface area contributed by atoms with Gasteiger partial charge in [0.05, 0.1) is 11.2 Å². The zero-order valence-electron chi connectivity index (χ0n) is 14.7. The minimum absolute atomic E-state index is 0.0529. The molecule has 0 aromatic heterocycles. The third kappa shape index (κ3) is 3.95. The number of rotatable bonds is 5. The molecule has 21 heavy (non-hydrogen) atoms. The molecule has 0 radical (unpaired) electrons. The molecule has 1 N–H and O–H groups in total. The highest BCUT2D eigenvalue weighted by Crippen LogP contribution is 2.43. The summed E-state index contributed by atoms with van der Waals surface area (Å²) in [4.78, 5) is 2.67. The molecule has 0 saturated carbocycles. The van der Waals surface area contributed by atoms with Crippen molar-refractivity contribution in [2.75, 3.05) is 31.9 Å². The fraction of sp³-hybridized carbons (Fsp3) is 1.00. The van der Waals surface area contributed by atoms with Crippen molar-refractivity contribution >= 4 is 11.8 Å². The van der Waals surface area contributed by atoms with Crippen LogP contribution in [0, 0.1) is 5.92 Å². The first kappa shape index (κ1) is 17.6. The molecule has 2 saturated heterocycles. The zero-order valence-corrected chi connectivity index (χ0v) is 15.6. The van der Waals surface area contributed by atoms with Crippen LogP contribution in [-0.4, -0.2) is 59.3 Å². The number of likely N-dealkylation sites (N-methyl/N-ethyl adjacent to an activating group) is 1. The van der Waals surface area contributed by atoms with E-state index >= 15 is 0 Å². The predicted molar refractivity (Wildman–Crippen MR) is 93.2 cm³/mol. The number of hydrogen-bond acceptors (Lipinski definition) is 4. The Balaban J connectivity index is 2.08. The number of thioether (sulfide) groups is 1. The van der Waals surface area contributed by atoms with Crippen LogP contribution < -0.4 is 5.32 Å². The van der Waals surface area contributed by atoms with Gasteiger partial charge in [0.1, 0.15) is 0 Å². The third-order valence-electron chi connectivity index (χ3n) is 5.13. The summed E-state index contributed by atoms with van der Waals surface area (Å²) >= 11 is 2.15. The summed E-state index contributed by atoms with van der Waals surface area (Å²) < 4.78 is 6.41. The van der Waals surface area contributed by atoms with Crippen LogP contribution in [0.2, 0.25) is 0 Å². The van der Waals surface area contributed by atoms with Crippen molar-refractivity contribution in [2.24, 2.45) is 5.92 Å². The van der Waals surface area contributed by atoms with Crippen molar-refractivity contribution in [1.29, 1.82) is 0 Å². The van der Waals surface area contributed by atoms with E-state index in [2.05, 4.69) is 63.5 Å². The van der Waals surface area contributed by atoms with Gasteiger partial charge in [0.15, 0.2) is 0 Å². The largest absolute Gasteiger partial charge is 0.368 e. The van der Waals surface area contributed by atoms with Crippen LogP contribution in [0.4, 0.5) is 0 Å². The van der Waals surface area contributed by atoms with E-state index in [0.29, 0.717) is 12.0 Å². The van der Waals surface area contributed by atoms with Gasteiger partial charge >= 0.3 is 0 Å². The molecular formula is C17H34N2OS. The minimum atomic E-state index is -0.0845. The predicted octanol–water partition coefficient (Wildman–Crippen LogP) is 3.00. The quantitative estimate of drug-likeness (QED) is 0.843. The van der Waals surface area contributed by atoms with E-state index < -0.39 is 0 Å². The van der Waals surface area contributed by atoms with Crippen molar-refractivity contribution in [3.8, 4) is 0 Å². The lowest BCUT2D eigenvalue weighted by Crippen LogP contribution is -2.52. The second-order valence-corrected chi connectivity index (χ2v) is 9.02. The van der Waals surface area contributed by atoms with Crippen molar-refractivity contribution in [1.82, 2.24) is 10.2 Å². The highest BCUT2D eigenvalue weighted by Gasteiger charge is 2.53. The molecule has 0 aromatic rings. The molecule has 2 fully saturated rings. The Kier molecular flexibility index (Phi) is 5.67. The van der Waals surface area contributed by atoms with Gasteiger partial charge in [-0.25, -0.2) is 0 Å². The number of ether oxygens (including phenoxy) is 1. The van der Waals surface area contributed by atoms with Gasteiger partial charge < -0.3 is 15.0 Å². The van der Waals surface area contributed by atoms with E-state index in [0.717, 1.165) is 18.3 Å². The lowest BCUT2D eigenvalue weighted by atomic mass is 9.82. The molecule has 0 amide bonds. The van der Waals surface area contributed by atoms with E-state index in [-0.39, 0.29) is 11.2 Å². The summed E-state index contributed by atoms with van der Waals surface area (Å²) in [6.07, 6.45) is 1.29. The van der Waals surface area contributed by atoms with Crippen molar-refractivity contribution in [3.05, 3.63) is 0 Å². The first-order chi connectivity index (χ1) is 9.80. The Morgan fingerprint density at radius 1 is 1.19 bits per heavy atom. The smallest absolute Gasteiger partial charge is 0.0790 e. The molecule has 2 rings (SSSR count). The van der Waals surface area contributed by atoms with E-state index in [4.69, 9.17) is 4.74 Å². The third-order valence-corrected chi connectivity index (χ3v) is 6.50. The lowest BCUT2D eigenvalue weighted by molar-refractivity contribution is -0.0795. The van der Waals surface area contributed by atoms with E-state index in [1.165, 1.54) is 25.3 Å². The Bertz CT molecular complexity index is 346. The molecule has 0 bridgehead atoms. The maximum absolute atomic E-state index is 6.41. The SMILES string of the molecule is CCNC1C(CN2CCSC(CC)C2)C(C)(C)OC1(C)C. The summed E-state index contributed by atoms with van der Waals surface area (Å²) in [6, 6.07) is 0.437. The second kappa shape index (κ2) is 6.77. The Morgan fingerprint density at radius 3 is 2.52 bits per heavy atom. The Morgan fingerprint density at radius 2 is 1.90 bits per heavy atom. The minimum Gasteiger partial charge on any atom is -0.368 e. The topological polar surface area (TPSA) is 24.5 Å². The first-order valence-electron chi connectivity index (χ1n) is 8.57. The number of nitrogens with zero attached hydrogens (tertiary/aromatic N) is 1.